The van der Waals surface area contributed by atoms with Gasteiger partial charge in [-0.2, -0.15) is 0 Å². The van der Waals surface area contributed by atoms with Crippen LogP contribution < -0.4 is 0 Å². The molecule has 0 N–H and O–H groups in total. The van der Waals surface area contributed by atoms with E-state index in [1.54, 1.807) is 0 Å². The van der Waals surface area contributed by atoms with Crippen LogP contribution in [0.15, 0.2) is 11.6 Å². The van der Waals surface area contributed by atoms with Crippen LogP contribution in [0.1, 0.15) is 119 Å². The van der Waals surface area contributed by atoms with Gasteiger partial charge in [0.25, 0.3) is 0 Å². The van der Waals surface area contributed by atoms with Gasteiger partial charge in [-0.15, -0.1) is 0 Å². The minimum atomic E-state index is 0.548. The predicted molar refractivity (Wildman–Crippen MR) is 131 cm³/mol. The second-order valence-electron chi connectivity index (χ2n) is 13.3. The summed E-state index contributed by atoms with van der Waals surface area (Å²) in [6, 6.07) is 0. The van der Waals surface area contributed by atoms with Gasteiger partial charge < -0.3 is 0 Å². The third-order valence-corrected chi connectivity index (χ3v) is 11.6. The molecule has 0 aromatic carbocycles. The summed E-state index contributed by atoms with van der Waals surface area (Å²) in [5.41, 5.74) is 3.05. The van der Waals surface area contributed by atoms with Gasteiger partial charge in [0.2, 0.25) is 0 Å². The van der Waals surface area contributed by atoms with Crippen LogP contribution >= 0.6 is 0 Å². The average molecular weight is 413 g/mol. The van der Waals surface area contributed by atoms with E-state index in [4.69, 9.17) is 0 Å². The molecule has 4 aliphatic carbocycles. The molecule has 0 radical (unpaired) electrons. The Morgan fingerprint density at radius 3 is 2.43 bits per heavy atom. The molecular weight excluding hydrogens is 360 g/mol. The second-order valence-corrected chi connectivity index (χ2v) is 13.3. The summed E-state index contributed by atoms with van der Waals surface area (Å²) in [6.45, 7) is 17.8. The number of allylic oxidation sites excluding steroid dienone is 2. The molecule has 0 spiro atoms. The highest BCUT2D eigenvalue weighted by Crippen LogP contribution is 2.67. The van der Waals surface area contributed by atoms with Crippen LogP contribution in [0.2, 0.25) is 0 Å². The first-order valence-corrected chi connectivity index (χ1v) is 13.9. The van der Waals surface area contributed by atoms with E-state index in [0.29, 0.717) is 10.8 Å². The van der Waals surface area contributed by atoms with Crippen LogP contribution in [-0.4, -0.2) is 0 Å². The molecule has 0 bridgehead atoms. The number of hydrogen-bond donors (Lipinski definition) is 0. The lowest BCUT2D eigenvalue weighted by molar-refractivity contribution is -0.0525. The highest BCUT2D eigenvalue weighted by atomic mass is 14.6. The van der Waals surface area contributed by atoms with E-state index >= 15 is 0 Å². The summed E-state index contributed by atoms with van der Waals surface area (Å²) in [5.74, 6) is 7.59. The quantitative estimate of drug-likeness (QED) is 0.381. The summed E-state index contributed by atoms with van der Waals surface area (Å²) in [7, 11) is 0. The van der Waals surface area contributed by atoms with E-state index in [-0.39, 0.29) is 0 Å². The molecule has 0 saturated heterocycles. The summed E-state index contributed by atoms with van der Waals surface area (Å²) >= 11 is 0. The number of hydrogen-bond acceptors (Lipinski definition) is 0. The Bertz CT molecular complexity index is 628. The van der Waals surface area contributed by atoms with Crippen molar-refractivity contribution in [1.29, 1.82) is 0 Å². The maximum Gasteiger partial charge on any atom is -0.00851 e. The van der Waals surface area contributed by atoms with E-state index in [9.17, 15) is 0 Å². The summed E-state index contributed by atoms with van der Waals surface area (Å²) in [4.78, 5) is 0. The molecule has 5 unspecified atom stereocenters. The molecule has 4 rings (SSSR count). The van der Waals surface area contributed by atoms with Gasteiger partial charge in [-0.25, -0.2) is 0 Å². The van der Waals surface area contributed by atoms with Crippen molar-refractivity contribution in [3.63, 3.8) is 0 Å². The Kier molecular flexibility index (Phi) is 6.56. The fourth-order valence-corrected chi connectivity index (χ4v) is 9.51. The van der Waals surface area contributed by atoms with Gasteiger partial charge in [0.05, 0.1) is 0 Å². The van der Waals surface area contributed by atoms with E-state index in [1.165, 1.54) is 70.6 Å². The van der Waals surface area contributed by atoms with Crippen molar-refractivity contribution in [3.8, 4) is 0 Å². The van der Waals surface area contributed by atoms with E-state index in [1.807, 2.05) is 5.57 Å². The minimum Gasteiger partial charge on any atom is -0.0845 e. The number of fused-ring (bicyclic) bond motifs is 5. The fraction of sp³-hybridized carbons (Fsp3) is 0.933. The predicted octanol–water partition coefficient (Wildman–Crippen LogP) is 9.30. The van der Waals surface area contributed by atoms with Gasteiger partial charge in [0, 0.05) is 0 Å². The summed E-state index contributed by atoms with van der Waals surface area (Å²) < 4.78 is 0. The molecule has 0 nitrogen and oxygen atoms in total. The molecule has 0 amide bonds. The fourth-order valence-electron chi connectivity index (χ4n) is 9.51. The summed E-state index contributed by atoms with van der Waals surface area (Å²) in [6.07, 6.45) is 18.9. The van der Waals surface area contributed by atoms with Crippen molar-refractivity contribution < 1.29 is 0 Å². The lowest BCUT2D eigenvalue weighted by atomic mass is 9.46. The molecule has 0 aromatic heterocycles. The highest BCUT2D eigenvalue weighted by Gasteiger charge is 2.58. The standard InChI is InChI=1S/C30H52/c1-8-23(20(2)3)10-9-22(5)26-13-14-27-25-12-11-24-19-21(4)15-17-29(24,6)28(25)16-18-30(26,27)7/h11,20-23,25-28H,8-10,12-19H2,1-7H3/t21-,22+,23+,25-,26?,27?,28?,29?,30?/m0/s1. The first kappa shape index (κ1) is 22.9. The highest BCUT2D eigenvalue weighted by molar-refractivity contribution is 5.25. The molecule has 0 heterocycles. The second kappa shape index (κ2) is 8.59. The zero-order valence-corrected chi connectivity index (χ0v) is 21.5. The average Bonchev–Trinajstić information content (AvgIpc) is 3.06. The van der Waals surface area contributed by atoms with Crippen molar-refractivity contribution >= 4 is 0 Å². The van der Waals surface area contributed by atoms with Crippen molar-refractivity contribution in [2.24, 2.45) is 58.2 Å². The molecule has 3 fully saturated rings. The third-order valence-electron chi connectivity index (χ3n) is 11.6. The monoisotopic (exact) mass is 412 g/mol. The summed E-state index contributed by atoms with van der Waals surface area (Å²) in [5, 5.41) is 0. The Balaban J connectivity index is 1.47. The van der Waals surface area contributed by atoms with Crippen molar-refractivity contribution in [3.05, 3.63) is 11.6 Å². The van der Waals surface area contributed by atoms with Gasteiger partial charge in [-0.3, -0.25) is 0 Å². The Labute approximate surface area is 189 Å². The minimum absolute atomic E-state index is 0.548. The normalized spacial score (nSPS) is 45.3. The van der Waals surface area contributed by atoms with Gasteiger partial charge in [-0.1, -0.05) is 73.0 Å². The zero-order valence-electron chi connectivity index (χ0n) is 21.5. The smallest absolute Gasteiger partial charge is 0.00851 e. The van der Waals surface area contributed by atoms with Crippen molar-refractivity contribution in [2.45, 2.75) is 119 Å². The first-order chi connectivity index (χ1) is 14.2. The van der Waals surface area contributed by atoms with E-state index < -0.39 is 0 Å². The largest absolute Gasteiger partial charge is 0.0845 e. The first-order valence-electron chi connectivity index (χ1n) is 13.9. The molecule has 172 valence electrons. The van der Waals surface area contributed by atoms with Crippen LogP contribution in [0.5, 0.6) is 0 Å². The molecule has 3 saturated carbocycles. The van der Waals surface area contributed by atoms with Gasteiger partial charge in [-0.05, 0) is 116 Å². The maximum atomic E-state index is 2.76. The SMILES string of the molecule is CC[C@H](CC[C@@H](C)C1CCC2[C@@H]3CC=C4C[C@@H](C)CCC4(C)C3CCC21C)C(C)C. The topological polar surface area (TPSA) is 0 Å². The van der Waals surface area contributed by atoms with Crippen LogP contribution in [0, 0.1) is 58.2 Å². The van der Waals surface area contributed by atoms with Crippen LogP contribution in [-0.2, 0) is 0 Å². The van der Waals surface area contributed by atoms with Crippen LogP contribution in [0.25, 0.3) is 0 Å². The molecule has 30 heavy (non-hydrogen) atoms. The van der Waals surface area contributed by atoms with Crippen LogP contribution in [0.3, 0.4) is 0 Å². The Hall–Kier alpha value is -0.260. The van der Waals surface area contributed by atoms with Crippen molar-refractivity contribution in [1.82, 2.24) is 0 Å². The van der Waals surface area contributed by atoms with Crippen molar-refractivity contribution in [2.75, 3.05) is 0 Å². The third kappa shape index (κ3) is 3.75. The zero-order chi connectivity index (χ0) is 21.7. The van der Waals surface area contributed by atoms with Crippen LogP contribution in [0.4, 0.5) is 0 Å². The molecular formula is C30H52. The molecule has 4 aliphatic rings. The van der Waals surface area contributed by atoms with Gasteiger partial charge in [0.1, 0.15) is 0 Å². The Morgan fingerprint density at radius 2 is 1.73 bits per heavy atom. The lowest BCUT2D eigenvalue weighted by Gasteiger charge is -2.58. The Morgan fingerprint density at radius 1 is 0.967 bits per heavy atom. The van der Waals surface area contributed by atoms with E-state index in [2.05, 4.69) is 54.5 Å². The van der Waals surface area contributed by atoms with Gasteiger partial charge >= 0.3 is 0 Å². The molecule has 0 heteroatoms. The molecule has 9 atom stereocenters. The molecule has 0 aromatic rings. The van der Waals surface area contributed by atoms with E-state index in [0.717, 1.165) is 47.3 Å². The lowest BCUT2D eigenvalue weighted by Crippen LogP contribution is -2.50. The van der Waals surface area contributed by atoms with Gasteiger partial charge in [0.15, 0.2) is 0 Å². The number of rotatable bonds is 6. The molecule has 0 aliphatic heterocycles. The maximum absolute atomic E-state index is 2.76.